The number of carbonyl (C=O) groups excluding carboxylic acids is 1. The number of hydrogen-bond acceptors (Lipinski definition) is 3. The molecule has 0 bridgehead atoms. The standard InChI is InChI=1S/C11H11NO3/c1-3-9(13)7-5-4-6-8(11(14)15)10(7)12-2/h3-6,12H,1H2,2H3,(H,14,15). The first-order chi connectivity index (χ1) is 7.11. The SMILES string of the molecule is C=CC(=O)c1cccc(C(=O)O)c1NC. The number of hydrogen-bond donors (Lipinski definition) is 2. The third kappa shape index (κ3) is 2.04. The minimum Gasteiger partial charge on any atom is -0.478 e. The van der Waals surface area contributed by atoms with E-state index in [-0.39, 0.29) is 11.3 Å². The van der Waals surface area contributed by atoms with Gasteiger partial charge in [0.15, 0.2) is 5.78 Å². The fraction of sp³-hybridized carbons (Fsp3) is 0.0909. The number of ketones is 1. The highest BCUT2D eigenvalue weighted by Crippen LogP contribution is 2.21. The molecule has 15 heavy (non-hydrogen) atoms. The van der Waals surface area contributed by atoms with E-state index in [1.807, 2.05) is 0 Å². The van der Waals surface area contributed by atoms with E-state index in [4.69, 9.17) is 5.11 Å². The molecule has 0 radical (unpaired) electrons. The molecule has 4 heteroatoms. The van der Waals surface area contributed by atoms with E-state index in [2.05, 4.69) is 11.9 Å². The molecule has 0 heterocycles. The van der Waals surface area contributed by atoms with E-state index in [0.717, 1.165) is 6.08 Å². The summed E-state index contributed by atoms with van der Waals surface area (Å²) in [6.07, 6.45) is 1.15. The monoisotopic (exact) mass is 205 g/mol. The van der Waals surface area contributed by atoms with Gasteiger partial charge in [-0.2, -0.15) is 0 Å². The molecule has 0 aromatic heterocycles. The molecule has 0 aliphatic carbocycles. The fourth-order valence-corrected chi connectivity index (χ4v) is 1.32. The van der Waals surface area contributed by atoms with Crippen molar-refractivity contribution < 1.29 is 14.7 Å². The van der Waals surface area contributed by atoms with Crippen molar-refractivity contribution in [3.8, 4) is 0 Å². The van der Waals surface area contributed by atoms with Crippen LogP contribution in [0.4, 0.5) is 5.69 Å². The molecule has 1 rings (SSSR count). The quantitative estimate of drug-likeness (QED) is 0.581. The number of para-hydroxylation sites is 1. The lowest BCUT2D eigenvalue weighted by molar-refractivity contribution is 0.0698. The number of benzene rings is 1. The molecule has 2 N–H and O–H groups in total. The highest BCUT2D eigenvalue weighted by atomic mass is 16.4. The zero-order valence-electron chi connectivity index (χ0n) is 8.28. The van der Waals surface area contributed by atoms with E-state index < -0.39 is 5.97 Å². The number of allylic oxidation sites excluding steroid dienone is 1. The van der Waals surface area contributed by atoms with Crippen molar-refractivity contribution in [3.05, 3.63) is 42.0 Å². The maximum atomic E-state index is 11.4. The van der Waals surface area contributed by atoms with E-state index in [9.17, 15) is 9.59 Å². The maximum Gasteiger partial charge on any atom is 0.337 e. The molecular formula is C11H11NO3. The van der Waals surface area contributed by atoms with Gasteiger partial charge in [-0.15, -0.1) is 0 Å². The Kier molecular flexibility index (Phi) is 3.23. The number of aromatic carboxylic acids is 1. The van der Waals surface area contributed by atoms with Crippen molar-refractivity contribution in [3.63, 3.8) is 0 Å². The van der Waals surface area contributed by atoms with E-state index in [0.29, 0.717) is 11.3 Å². The molecule has 1 aromatic rings. The lowest BCUT2D eigenvalue weighted by Gasteiger charge is -2.09. The van der Waals surface area contributed by atoms with Gasteiger partial charge in [-0.1, -0.05) is 12.6 Å². The van der Waals surface area contributed by atoms with Crippen molar-refractivity contribution >= 4 is 17.4 Å². The van der Waals surface area contributed by atoms with Gasteiger partial charge < -0.3 is 10.4 Å². The molecule has 0 saturated heterocycles. The van der Waals surface area contributed by atoms with Crippen molar-refractivity contribution in [2.24, 2.45) is 0 Å². The molecule has 0 atom stereocenters. The molecule has 0 spiro atoms. The predicted molar refractivity (Wildman–Crippen MR) is 57.5 cm³/mol. The van der Waals surface area contributed by atoms with Gasteiger partial charge >= 0.3 is 5.97 Å². The number of carbonyl (C=O) groups is 2. The van der Waals surface area contributed by atoms with Crippen molar-refractivity contribution in [2.75, 3.05) is 12.4 Å². The van der Waals surface area contributed by atoms with Crippen LogP contribution < -0.4 is 5.32 Å². The van der Waals surface area contributed by atoms with Gasteiger partial charge in [0.05, 0.1) is 11.3 Å². The third-order valence-electron chi connectivity index (χ3n) is 2.00. The summed E-state index contributed by atoms with van der Waals surface area (Å²) in [5.41, 5.74) is 0.701. The van der Waals surface area contributed by atoms with E-state index in [1.165, 1.54) is 12.1 Å². The Morgan fingerprint density at radius 1 is 1.40 bits per heavy atom. The number of nitrogens with one attached hydrogen (secondary N) is 1. The summed E-state index contributed by atoms with van der Waals surface area (Å²) in [4.78, 5) is 22.3. The Hall–Kier alpha value is -2.10. The summed E-state index contributed by atoms with van der Waals surface area (Å²) in [5, 5.41) is 11.6. The van der Waals surface area contributed by atoms with Crippen LogP contribution in [0.25, 0.3) is 0 Å². The number of anilines is 1. The summed E-state index contributed by atoms with van der Waals surface area (Å²) in [6.45, 7) is 3.36. The first-order valence-electron chi connectivity index (χ1n) is 4.32. The summed E-state index contributed by atoms with van der Waals surface area (Å²) in [5.74, 6) is -1.37. The molecular weight excluding hydrogens is 194 g/mol. The Bertz CT molecular complexity index is 424. The zero-order valence-corrected chi connectivity index (χ0v) is 8.28. The highest BCUT2D eigenvalue weighted by Gasteiger charge is 2.15. The summed E-state index contributed by atoms with van der Waals surface area (Å²) < 4.78 is 0. The zero-order chi connectivity index (χ0) is 11.4. The minimum atomic E-state index is -1.07. The molecule has 0 saturated carbocycles. The second kappa shape index (κ2) is 4.41. The number of carboxylic acid groups (broad SMARTS) is 1. The summed E-state index contributed by atoms with van der Waals surface area (Å²) in [7, 11) is 1.57. The van der Waals surface area contributed by atoms with Crippen molar-refractivity contribution in [1.29, 1.82) is 0 Å². The van der Waals surface area contributed by atoms with Crippen LogP contribution in [-0.2, 0) is 0 Å². The van der Waals surface area contributed by atoms with Crippen LogP contribution in [0.2, 0.25) is 0 Å². The van der Waals surface area contributed by atoms with Crippen LogP contribution in [-0.4, -0.2) is 23.9 Å². The van der Waals surface area contributed by atoms with Gasteiger partial charge in [0.1, 0.15) is 0 Å². The average molecular weight is 205 g/mol. The van der Waals surface area contributed by atoms with Crippen LogP contribution in [0.3, 0.4) is 0 Å². The third-order valence-corrected chi connectivity index (χ3v) is 2.00. The van der Waals surface area contributed by atoms with E-state index in [1.54, 1.807) is 13.1 Å². The van der Waals surface area contributed by atoms with Gasteiger partial charge in [-0.25, -0.2) is 4.79 Å². The number of carboxylic acids is 1. The molecule has 0 unspecified atom stereocenters. The lowest BCUT2D eigenvalue weighted by Crippen LogP contribution is -2.08. The van der Waals surface area contributed by atoms with Crippen LogP contribution in [0.1, 0.15) is 20.7 Å². The normalized spacial score (nSPS) is 9.40. The molecule has 1 aromatic carbocycles. The van der Waals surface area contributed by atoms with Crippen LogP contribution in [0.5, 0.6) is 0 Å². The van der Waals surface area contributed by atoms with Gasteiger partial charge in [0, 0.05) is 12.6 Å². The Labute approximate surface area is 87.2 Å². The Morgan fingerprint density at radius 3 is 2.47 bits per heavy atom. The second-order valence-electron chi connectivity index (χ2n) is 2.85. The molecule has 78 valence electrons. The first kappa shape index (κ1) is 11.0. The molecule has 4 nitrogen and oxygen atoms in total. The van der Waals surface area contributed by atoms with Crippen LogP contribution in [0, 0.1) is 0 Å². The Balaban J connectivity index is 3.40. The smallest absolute Gasteiger partial charge is 0.337 e. The predicted octanol–water partition coefficient (Wildman–Crippen LogP) is 1.80. The Morgan fingerprint density at radius 2 is 2.00 bits per heavy atom. The largest absolute Gasteiger partial charge is 0.478 e. The average Bonchev–Trinajstić information content (AvgIpc) is 2.26. The van der Waals surface area contributed by atoms with Gasteiger partial charge in [-0.3, -0.25) is 4.79 Å². The van der Waals surface area contributed by atoms with Gasteiger partial charge in [0.2, 0.25) is 0 Å². The minimum absolute atomic E-state index is 0.0743. The molecule has 0 fully saturated rings. The van der Waals surface area contributed by atoms with Gasteiger partial charge in [0.25, 0.3) is 0 Å². The second-order valence-corrected chi connectivity index (χ2v) is 2.85. The number of rotatable bonds is 4. The van der Waals surface area contributed by atoms with E-state index >= 15 is 0 Å². The van der Waals surface area contributed by atoms with Crippen LogP contribution in [0.15, 0.2) is 30.9 Å². The summed E-state index contributed by atoms with van der Waals surface area (Å²) >= 11 is 0. The lowest BCUT2D eigenvalue weighted by atomic mass is 10.0. The topological polar surface area (TPSA) is 66.4 Å². The molecule has 0 aliphatic heterocycles. The fourth-order valence-electron chi connectivity index (χ4n) is 1.32. The van der Waals surface area contributed by atoms with Gasteiger partial charge in [-0.05, 0) is 18.2 Å². The van der Waals surface area contributed by atoms with Crippen LogP contribution >= 0.6 is 0 Å². The van der Waals surface area contributed by atoms with Crippen molar-refractivity contribution in [1.82, 2.24) is 0 Å². The maximum absolute atomic E-state index is 11.4. The molecule has 0 amide bonds. The highest BCUT2D eigenvalue weighted by molar-refractivity contribution is 6.11. The first-order valence-corrected chi connectivity index (χ1v) is 4.32. The summed E-state index contributed by atoms with van der Waals surface area (Å²) in [6, 6.07) is 4.53. The van der Waals surface area contributed by atoms with Crippen molar-refractivity contribution in [2.45, 2.75) is 0 Å². The molecule has 0 aliphatic rings.